The number of anilines is 2. The standard InChI is InChI=1S/C12H14N4O2S/c1-18-10-4-2-8(3-5-10)14-12-15-9(7-19-12)6-11(17)16-13/h2-5,7H,6,13H2,1H3,(H,14,15)(H,16,17). The molecule has 0 unspecified atom stereocenters. The number of hydrogen-bond donors (Lipinski definition) is 3. The van der Waals surface area contributed by atoms with Gasteiger partial charge in [0, 0.05) is 11.1 Å². The summed E-state index contributed by atoms with van der Waals surface area (Å²) in [4.78, 5) is 15.4. The van der Waals surface area contributed by atoms with Crippen LogP contribution < -0.4 is 21.3 Å². The minimum absolute atomic E-state index is 0.178. The predicted octanol–water partition coefficient (Wildman–Crippen LogP) is 1.43. The van der Waals surface area contributed by atoms with Gasteiger partial charge in [-0.15, -0.1) is 11.3 Å². The number of methoxy groups -OCH3 is 1. The van der Waals surface area contributed by atoms with Crippen molar-refractivity contribution in [1.82, 2.24) is 10.4 Å². The minimum atomic E-state index is -0.263. The normalized spacial score (nSPS) is 10.0. The first-order valence-electron chi connectivity index (χ1n) is 5.56. The summed E-state index contributed by atoms with van der Waals surface area (Å²) in [7, 11) is 1.62. The number of hydrogen-bond acceptors (Lipinski definition) is 6. The maximum absolute atomic E-state index is 11.1. The maximum atomic E-state index is 11.1. The maximum Gasteiger partial charge on any atom is 0.239 e. The summed E-state index contributed by atoms with van der Waals surface area (Å²) >= 11 is 1.43. The van der Waals surface area contributed by atoms with Crippen molar-refractivity contribution in [1.29, 1.82) is 0 Å². The molecular weight excluding hydrogens is 264 g/mol. The van der Waals surface area contributed by atoms with E-state index in [0.717, 1.165) is 16.6 Å². The summed E-state index contributed by atoms with van der Waals surface area (Å²) < 4.78 is 5.08. The highest BCUT2D eigenvalue weighted by Gasteiger charge is 2.06. The van der Waals surface area contributed by atoms with Crippen LogP contribution in [0.1, 0.15) is 5.69 Å². The number of ether oxygens (including phenoxy) is 1. The van der Waals surface area contributed by atoms with E-state index in [1.54, 1.807) is 7.11 Å². The molecule has 0 aliphatic heterocycles. The molecule has 1 aromatic carbocycles. The average Bonchev–Trinajstić information content (AvgIpc) is 2.86. The second-order valence-electron chi connectivity index (χ2n) is 3.74. The Morgan fingerprint density at radius 2 is 2.16 bits per heavy atom. The van der Waals surface area contributed by atoms with E-state index in [9.17, 15) is 4.79 Å². The van der Waals surface area contributed by atoms with Crippen LogP contribution >= 0.6 is 11.3 Å². The second-order valence-corrected chi connectivity index (χ2v) is 4.60. The van der Waals surface area contributed by atoms with E-state index in [1.165, 1.54) is 11.3 Å². The van der Waals surface area contributed by atoms with E-state index in [2.05, 4.69) is 15.7 Å². The number of nitrogens with one attached hydrogen (secondary N) is 2. The van der Waals surface area contributed by atoms with Crippen molar-refractivity contribution in [3.05, 3.63) is 35.3 Å². The number of aromatic nitrogens is 1. The van der Waals surface area contributed by atoms with E-state index in [-0.39, 0.29) is 12.3 Å². The Labute approximate surface area is 114 Å². The molecule has 0 fully saturated rings. The van der Waals surface area contributed by atoms with Crippen molar-refractivity contribution in [2.24, 2.45) is 5.84 Å². The van der Waals surface area contributed by atoms with E-state index in [0.29, 0.717) is 5.69 Å². The Hall–Kier alpha value is -2.12. The summed E-state index contributed by atoms with van der Waals surface area (Å²) in [5.74, 6) is 5.56. The van der Waals surface area contributed by atoms with Gasteiger partial charge in [0.25, 0.3) is 0 Å². The Morgan fingerprint density at radius 3 is 2.79 bits per heavy atom. The molecule has 0 aliphatic rings. The summed E-state index contributed by atoms with van der Waals surface area (Å²) in [6.45, 7) is 0. The van der Waals surface area contributed by atoms with Crippen molar-refractivity contribution in [3.8, 4) is 5.75 Å². The molecule has 0 aliphatic carbocycles. The van der Waals surface area contributed by atoms with Gasteiger partial charge in [0.15, 0.2) is 5.13 Å². The first-order valence-corrected chi connectivity index (χ1v) is 6.44. The van der Waals surface area contributed by atoms with Gasteiger partial charge in [0.2, 0.25) is 5.91 Å². The number of amides is 1. The van der Waals surface area contributed by atoms with Gasteiger partial charge in [0.1, 0.15) is 5.75 Å². The van der Waals surface area contributed by atoms with Crippen LogP contribution in [-0.2, 0) is 11.2 Å². The van der Waals surface area contributed by atoms with Gasteiger partial charge in [-0.05, 0) is 24.3 Å². The SMILES string of the molecule is COc1ccc(Nc2nc(CC(=O)NN)cs2)cc1. The minimum Gasteiger partial charge on any atom is -0.497 e. The molecule has 4 N–H and O–H groups in total. The summed E-state index contributed by atoms with van der Waals surface area (Å²) in [5, 5.41) is 5.70. The van der Waals surface area contributed by atoms with Gasteiger partial charge in [-0.1, -0.05) is 0 Å². The summed E-state index contributed by atoms with van der Waals surface area (Å²) in [6.07, 6.45) is 0.178. The second kappa shape index (κ2) is 6.17. The molecule has 1 heterocycles. The number of hydrazine groups is 1. The number of nitrogens with two attached hydrogens (primary N) is 1. The van der Waals surface area contributed by atoms with Crippen LogP contribution in [0.3, 0.4) is 0 Å². The fraction of sp³-hybridized carbons (Fsp3) is 0.167. The van der Waals surface area contributed by atoms with E-state index in [4.69, 9.17) is 10.6 Å². The highest BCUT2D eigenvalue weighted by atomic mass is 32.1. The molecule has 19 heavy (non-hydrogen) atoms. The summed E-state index contributed by atoms with van der Waals surface area (Å²) in [6, 6.07) is 7.51. The van der Waals surface area contributed by atoms with Crippen molar-refractivity contribution in [3.63, 3.8) is 0 Å². The van der Waals surface area contributed by atoms with Crippen LogP contribution in [0, 0.1) is 0 Å². The van der Waals surface area contributed by atoms with Crippen molar-refractivity contribution >= 4 is 28.1 Å². The first-order chi connectivity index (χ1) is 9.21. The van der Waals surface area contributed by atoms with Crippen LogP contribution in [0.4, 0.5) is 10.8 Å². The lowest BCUT2D eigenvalue weighted by Gasteiger charge is -2.03. The lowest BCUT2D eigenvalue weighted by molar-refractivity contribution is -0.120. The highest BCUT2D eigenvalue weighted by Crippen LogP contribution is 2.22. The van der Waals surface area contributed by atoms with Crippen molar-refractivity contribution < 1.29 is 9.53 Å². The fourth-order valence-corrected chi connectivity index (χ4v) is 2.19. The fourth-order valence-electron chi connectivity index (χ4n) is 1.46. The van der Waals surface area contributed by atoms with Gasteiger partial charge >= 0.3 is 0 Å². The zero-order chi connectivity index (χ0) is 13.7. The highest BCUT2D eigenvalue weighted by molar-refractivity contribution is 7.13. The first kappa shape index (κ1) is 13.3. The van der Waals surface area contributed by atoms with Crippen molar-refractivity contribution in [2.75, 3.05) is 12.4 Å². The molecule has 1 aromatic heterocycles. The van der Waals surface area contributed by atoms with E-state index < -0.39 is 0 Å². The van der Waals surface area contributed by atoms with Gasteiger partial charge in [-0.3, -0.25) is 10.2 Å². The van der Waals surface area contributed by atoms with E-state index in [1.807, 2.05) is 29.6 Å². The average molecular weight is 278 g/mol. The molecule has 100 valence electrons. The Bertz CT molecular complexity index is 553. The van der Waals surface area contributed by atoms with Gasteiger partial charge in [-0.2, -0.15) is 0 Å². The summed E-state index contributed by atoms with van der Waals surface area (Å²) in [5.41, 5.74) is 3.67. The Kier molecular flexibility index (Phi) is 4.32. The topological polar surface area (TPSA) is 89.3 Å². The quantitative estimate of drug-likeness (QED) is 0.437. The third-order valence-corrected chi connectivity index (χ3v) is 3.20. The molecule has 0 spiro atoms. The Balaban J connectivity index is 2.00. The largest absolute Gasteiger partial charge is 0.497 e. The van der Waals surface area contributed by atoms with Crippen LogP contribution in [0.2, 0.25) is 0 Å². The van der Waals surface area contributed by atoms with E-state index >= 15 is 0 Å². The number of carbonyl (C=O) groups excluding carboxylic acids is 1. The predicted molar refractivity (Wildman–Crippen MR) is 74.4 cm³/mol. The molecule has 0 bridgehead atoms. The van der Waals surface area contributed by atoms with Crippen LogP contribution in [-0.4, -0.2) is 18.0 Å². The van der Waals surface area contributed by atoms with Crippen molar-refractivity contribution in [2.45, 2.75) is 6.42 Å². The van der Waals surface area contributed by atoms with Crippen LogP contribution in [0.5, 0.6) is 5.75 Å². The molecule has 0 saturated carbocycles. The molecule has 6 nitrogen and oxygen atoms in total. The van der Waals surface area contributed by atoms with Gasteiger partial charge in [-0.25, -0.2) is 10.8 Å². The molecule has 2 rings (SSSR count). The number of carbonyl (C=O) groups is 1. The molecule has 0 atom stereocenters. The lowest BCUT2D eigenvalue weighted by atomic mass is 10.3. The number of thiazole rings is 1. The number of rotatable bonds is 5. The molecule has 2 aromatic rings. The Morgan fingerprint density at radius 1 is 1.42 bits per heavy atom. The molecule has 7 heteroatoms. The monoisotopic (exact) mass is 278 g/mol. The molecule has 0 radical (unpaired) electrons. The third kappa shape index (κ3) is 3.67. The molecule has 1 amide bonds. The molecular formula is C12H14N4O2S. The lowest BCUT2D eigenvalue weighted by Crippen LogP contribution is -2.31. The van der Waals surface area contributed by atoms with Crippen LogP contribution in [0.15, 0.2) is 29.6 Å². The third-order valence-electron chi connectivity index (χ3n) is 2.40. The zero-order valence-electron chi connectivity index (χ0n) is 10.3. The number of nitrogens with zero attached hydrogens (tertiary/aromatic N) is 1. The number of benzene rings is 1. The zero-order valence-corrected chi connectivity index (χ0v) is 11.2. The smallest absolute Gasteiger partial charge is 0.239 e. The van der Waals surface area contributed by atoms with Crippen LogP contribution in [0.25, 0.3) is 0 Å². The van der Waals surface area contributed by atoms with Gasteiger partial charge < -0.3 is 10.1 Å². The van der Waals surface area contributed by atoms with Gasteiger partial charge in [0.05, 0.1) is 19.2 Å². The molecule has 0 saturated heterocycles.